The number of piperazine rings is 1. The molecule has 0 bridgehead atoms. The van der Waals surface area contributed by atoms with E-state index in [0.717, 1.165) is 37.4 Å². The molecule has 0 unspecified atom stereocenters. The monoisotopic (exact) mass is 337 g/mol. The minimum atomic E-state index is 0.0645. The van der Waals surface area contributed by atoms with E-state index in [1.807, 2.05) is 41.3 Å². The van der Waals surface area contributed by atoms with Crippen LogP contribution in [0.1, 0.15) is 29.3 Å². The third-order valence-corrected chi connectivity index (χ3v) is 4.65. The van der Waals surface area contributed by atoms with Crippen molar-refractivity contribution in [3.8, 4) is 0 Å². The van der Waals surface area contributed by atoms with Crippen molar-refractivity contribution < 1.29 is 9.59 Å². The zero-order valence-corrected chi connectivity index (χ0v) is 14.5. The fraction of sp³-hybridized carbons (Fsp3) is 0.350. The summed E-state index contributed by atoms with van der Waals surface area (Å²) in [5.74, 6) is 0.264. The highest BCUT2D eigenvalue weighted by Gasteiger charge is 2.20. The number of rotatable bonds is 5. The Labute approximate surface area is 148 Å². The number of ketones is 1. The molecule has 1 amide bonds. The number of carbonyl (C=O) groups excluding carboxylic acids is 2. The van der Waals surface area contributed by atoms with Gasteiger partial charge in [0.1, 0.15) is 0 Å². The van der Waals surface area contributed by atoms with Gasteiger partial charge in [-0.15, -0.1) is 0 Å². The molecule has 1 saturated heterocycles. The van der Waals surface area contributed by atoms with Crippen LogP contribution in [0.2, 0.25) is 0 Å². The molecule has 0 saturated carbocycles. The Bertz CT molecular complexity index is 720. The van der Waals surface area contributed by atoms with Crippen molar-refractivity contribution in [1.82, 2.24) is 9.88 Å². The molecule has 1 aliphatic rings. The molecule has 25 heavy (non-hydrogen) atoms. The van der Waals surface area contributed by atoms with Gasteiger partial charge < -0.3 is 9.80 Å². The summed E-state index contributed by atoms with van der Waals surface area (Å²) < 4.78 is 0. The summed E-state index contributed by atoms with van der Waals surface area (Å²) in [5, 5.41) is 0. The fourth-order valence-corrected chi connectivity index (χ4v) is 3.08. The first-order chi connectivity index (χ1) is 12.1. The van der Waals surface area contributed by atoms with Crippen LogP contribution >= 0.6 is 0 Å². The lowest BCUT2D eigenvalue weighted by molar-refractivity contribution is -0.131. The maximum atomic E-state index is 12.4. The summed E-state index contributed by atoms with van der Waals surface area (Å²) >= 11 is 0. The van der Waals surface area contributed by atoms with Gasteiger partial charge in [0.05, 0.1) is 0 Å². The molecule has 0 aliphatic carbocycles. The Balaban J connectivity index is 1.47. The van der Waals surface area contributed by atoms with Gasteiger partial charge in [0, 0.05) is 56.2 Å². The van der Waals surface area contributed by atoms with Crippen LogP contribution in [0.4, 0.5) is 5.69 Å². The highest BCUT2D eigenvalue weighted by Crippen LogP contribution is 2.16. The number of aromatic nitrogens is 1. The Morgan fingerprint density at radius 3 is 2.20 bits per heavy atom. The fourth-order valence-electron chi connectivity index (χ4n) is 3.08. The van der Waals surface area contributed by atoms with Crippen molar-refractivity contribution >= 4 is 17.4 Å². The van der Waals surface area contributed by atoms with Gasteiger partial charge in [-0.2, -0.15) is 0 Å². The summed E-state index contributed by atoms with van der Waals surface area (Å²) in [5.41, 5.74) is 2.96. The number of aryl methyl sites for hydroxylation is 1. The van der Waals surface area contributed by atoms with Crippen LogP contribution in [0.25, 0.3) is 0 Å². The van der Waals surface area contributed by atoms with E-state index in [-0.39, 0.29) is 11.7 Å². The van der Waals surface area contributed by atoms with Crippen molar-refractivity contribution in [1.29, 1.82) is 0 Å². The molecule has 130 valence electrons. The third-order valence-electron chi connectivity index (χ3n) is 4.65. The Morgan fingerprint density at radius 2 is 1.60 bits per heavy atom. The van der Waals surface area contributed by atoms with E-state index in [9.17, 15) is 9.59 Å². The van der Waals surface area contributed by atoms with E-state index in [0.29, 0.717) is 18.4 Å². The van der Waals surface area contributed by atoms with Gasteiger partial charge in [-0.3, -0.25) is 14.6 Å². The van der Waals surface area contributed by atoms with Gasteiger partial charge in [-0.25, -0.2) is 0 Å². The van der Waals surface area contributed by atoms with Gasteiger partial charge in [0.2, 0.25) is 5.91 Å². The molecule has 0 radical (unpaired) electrons. The predicted molar refractivity (Wildman–Crippen MR) is 97.8 cm³/mol. The number of hydrogen-bond donors (Lipinski definition) is 0. The second kappa shape index (κ2) is 7.92. The quantitative estimate of drug-likeness (QED) is 0.787. The molecule has 5 heteroatoms. The van der Waals surface area contributed by atoms with Gasteiger partial charge in [0.15, 0.2) is 5.78 Å². The van der Waals surface area contributed by atoms with Gasteiger partial charge in [-0.05, 0) is 31.0 Å². The van der Waals surface area contributed by atoms with E-state index < -0.39 is 0 Å². The van der Waals surface area contributed by atoms with Crippen molar-refractivity contribution in [3.05, 3.63) is 59.9 Å². The molecule has 0 spiro atoms. The summed E-state index contributed by atoms with van der Waals surface area (Å²) in [6.45, 7) is 4.77. The molecular weight excluding hydrogens is 314 g/mol. The number of amides is 1. The molecule has 3 rings (SSSR count). The molecule has 5 nitrogen and oxygen atoms in total. The van der Waals surface area contributed by atoms with Crippen LogP contribution in [0.3, 0.4) is 0 Å². The molecule has 0 atom stereocenters. The normalized spacial score (nSPS) is 14.4. The highest BCUT2D eigenvalue weighted by molar-refractivity contribution is 5.94. The number of hydrogen-bond acceptors (Lipinski definition) is 4. The third kappa shape index (κ3) is 4.44. The standard InChI is InChI=1S/C20H23N3O2/c1-16(24)18-5-2-17(3-6-18)4-7-20(25)23-14-12-22(13-15-23)19-8-10-21-11-9-19/h2-3,5-6,8-11H,4,7,12-15H2,1H3. The maximum Gasteiger partial charge on any atom is 0.223 e. The zero-order valence-electron chi connectivity index (χ0n) is 14.5. The molecule has 1 aromatic carbocycles. The van der Waals surface area contributed by atoms with Crippen LogP contribution in [0, 0.1) is 0 Å². The summed E-state index contributed by atoms with van der Waals surface area (Å²) in [6, 6.07) is 11.5. The number of pyridine rings is 1. The molecule has 2 heterocycles. The Kier molecular flexibility index (Phi) is 5.43. The lowest BCUT2D eigenvalue weighted by atomic mass is 10.1. The SMILES string of the molecule is CC(=O)c1ccc(CCC(=O)N2CCN(c3ccncc3)CC2)cc1. The highest BCUT2D eigenvalue weighted by atomic mass is 16.2. The number of benzene rings is 1. The van der Waals surface area contributed by atoms with E-state index in [1.54, 1.807) is 19.3 Å². The minimum absolute atomic E-state index is 0.0645. The number of Topliss-reactive ketones (excluding diaryl/α,β-unsaturated/α-hetero) is 1. The molecule has 1 fully saturated rings. The molecule has 0 N–H and O–H groups in total. The van der Waals surface area contributed by atoms with Crippen LogP contribution in [-0.2, 0) is 11.2 Å². The van der Waals surface area contributed by atoms with Gasteiger partial charge >= 0.3 is 0 Å². The molecule has 1 aromatic heterocycles. The number of carbonyl (C=O) groups is 2. The first-order valence-electron chi connectivity index (χ1n) is 8.66. The first-order valence-corrected chi connectivity index (χ1v) is 8.66. The maximum absolute atomic E-state index is 12.4. The molecule has 1 aliphatic heterocycles. The minimum Gasteiger partial charge on any atom is -0.368 e. The van der Waals surface area contributed by atoms with Gasteiger partial charge in [-0.1, -0.05) is 24.3 Å². The van der Waals surface area contributed by atoms with Crippen LogP contribution in [0.15, 0.2) is 48.8 Å². The van der Waals surface area contributed by atoms with E-state index >= 15 is 0 Å². The summed E-state index contributed by atoms with van der Waals surface area (Å²) in [6.07, 6.45) is 4.81. The van der Waals surface area contributed by atoms with Crippen molar-refractivity contribution in [3.63, 3.8) is 0 Å². The van der Waals surface area contributed by atoms with E-state index in [4.69, 9.17) is 0 Å². The van der Waals surface area contributed by atoms with Crippen LogP contribution in [0.5, 0.6) is 0 Å². The predicted octanol–water partition coefficient (Wildman–Crippen LogP) is 2.57. The lowest BCUT2D eigenvalue weighted by Crippen LogP contribution is -2.48. The van der Waals surface area contributed by atoms with Crippen LogP contribution < -0.4 is 4.90 Å². The molecule has 2 aromatic rings. The Hall–Kier alpha value is -2.69. The second-order valence-electron chi connectivity index (χ2n) is 6.33. The van der Waals surface area contributed by atoms with Crippen molar-refractivity contribution in [2.45, 2.75) is 19.8 Å². The molecular formula is C20H23N3O2. The van der Waals surface area contributed by atoms with Gasteiger partial charge in [0.25, 0.3) is 0 Å². The number of nitrogens with zero attached hydrogens (tertiary/aromatic N) is 3. The zero-order chi connectivity index (χ0) is 17.6. The topological polar surface area (TPSA) is 53.5 Å². The van der Waals surface area contributed by atoms with E-state index in [2.05, 4.69) is 9.88 Å². The summed E-state index contributed by atoms with van der Waals surface area (Å²) in [4.78, 5) is 32.0. The number of anilines is 1. The lowest BCUT2D eigenvalue weighted by Gasteiger charge is -2.36. The Morgan fingerprint density at radius 1 is 0.960 bits per heavy atom. The summed E-state index contributed by atoms with van der Waals surface area (Å²) in [7, 11) is 0. The average Bonchev–Trinajstić information content (AvgIpc) is 2.67. The largest absolute Gasteiger partial charge is 0.368 e. The van der Waals surface area contributed by atoms with Crippen LogP contribution in [-0.4, -0.2) is 47.8 Å². The second-order valence-corrected chi connectivity index (χ2v) is 6.33. The van der Waals surface area contributed by atoms with E-state index in [1.165, 1.54) is 0 Å². The first kappa shape index (κ1) is 17.1. The van der Waals surface area contributed by atoms with Crippen molar-refractivity contribution in [2.75, 3.05) is 31.1 Å². The average molecular weight is 337 g/mol. The smallest absolute Gasteiger partial charge is 0.223 e. The van der Waals surface area contributed by atoms with Crippen molar-refractivity contribution in [2.24, 2.45) is 0 Å².